The van der Waals surface area contributed by atoms with Gasteiger partial charge in [0, 0.05) is 6.42 Å². The quantitative estimate of drug-likeness (QED) is 0.364. The largest absolute Gasteiger partial charge is 0.198 e. The lowest BCUT2D eigenvalue weighted by atomic mass is 9.64. The molecule has 0 aromatic heterocycles. The lowest BCUT2D eigenvalue weighted by Crippen LogP contribution is -2.29. The topological polar surface area (TPSA) is 23.8 Å². The second-order valence-electron chi connectivity index (χ2n) is 10.8. The van der Waals surface area contributed by atoms with E-state index in [1.807, 2.05) is 0 Å². The molecule has 0 spiro atoms. The third kappa shape index (κ3) is 6.78. The van der Waals surface area contributed by atoms with Crippen molar-refractivity contribution in [3.05, 3.63) is 0 Å². The molecule has 0 aliphatic heterocycles. The highest BCUT2D eigenvalue weighted by atomic mass is 14.4. The molecule has 0 saturated heterocycles. The van der Waals surface area contributed by atoms with E-state index in [0.29, 0.717) is 0 Å². The first-order valence-corrected chi connectivity index (χ1v) is 13.2. The molecule has 3 aliphatic rings. The molecule has 0 bridgehead atoms. The molecule has 160 valence electrons. The molecular weight excluding hydrogens is 338 g/mol. The molecule has 0 atom stereocenters. The van der Waals surface area contributed by atoms with E-state index in [1.54, 1.807) is 51.4 Å². The Morgan fingerprint density at radius 2 is 0.964 bits per heavy atom. The van der Waals surface area contributed by atoms with Gasteiger partial charge in [-0.05, 0) is 99.7 Å². The van der Waals surface area contributed by atoms with E-state index < -0.39 is 0 Å². The van der Waals surface area contributed by atoms with Crippen LogP contribution in [0.15, 0.2) is 0 Å². The second kappa shape index (κ2) is 12.2. The molecule has 3 rings (SSSR count). The highest BCUT2D eigenvalue weighted by Crippen LogP contribution is 2.46. The number of nitriles is 1. The van der Waals surface area contributed by atoms with Crippen LogP contribution in [0.5, 0.6) is 0 Å². The minimum atomic E-state index is 0.768. The summed E-state index contributed by atoms with van der Waals surface area (Å²) in [6, 6.07) is 2.31. The van der Waals surface area contributed by atoms with Crippen molar-refractivity contribution < 1.29 is 0 Å². The normalized spacial score (nSPS) is 36.7. The van der Waals surface area contributed by atoms with E-state index in [4.69, 9.17) is 5.26 Å². The monoisotopic (exact) mass is 385 g/mol. The Morgan fingerprint density at radius 3 is 1.36 bits per heavy atom. The molecule has 3 aliphatic carbocycles. The first-order valence-electron chi connectivity index (χ1n) is 13.2. The Morgan fingerprint density at radius 1 is 0.571 bits per heavy atom. The van der Waals surface area contributed by atoms with Gasteiger partial charge in [-0.1, -0.05) is 58.3 Å². The van der Waals surface area contributed by atoms with Crippen molar-refractivity contribution in [1.29, 1.82) is 5.26 Å². The third-order valence-corrected chi connectivity index (χ3v) is 9.05. The number of nitrogens with zero attached hydrogens (tertiary/aromatic N) is 1. The van der Waals surface area contributed by atoms with E-state index in [1.165, 1.54) is 57.8 Å². The molecule has 0 amide bonds. The molecule has 0 aromatic rings. The highest BCUT2D eigenvalue weighted by molar-refractivity contribution is 4.86. The van der Waals surface area contributed by atoms with Crippen molar-refractivity contribution in [3.8, 4) is 6.07 Å². The molecule has 1 nitrogen and oxygen atoms in total. The van der Waals surface area contributed by atoms with E-state index in [2.05, 4.69) is 13.0 Å². The summed E-state index contributed by atoms with van der Waals surface area (Å²) in [5, 5.41) is 8.73. The molecule has 3 saturated carbocycles. The lowest BCUT2D eigenvalue weighted by Gasteiger charge is -2.41. The van der Waals surface area contributed by atoms with Crippen LogP contribution in [-0.4, -0.2) is 0 Å². The maximum absolute atomic E-state index is 8.73. The van der Waals surface area contributed by atoms with Crippen LogP contribution in [-0.2, 0) is 0 Å². The van der Waals surface area contributed by atoms with Crippen LogP contribution < -0.4 is 0 Å². The average Bonchev–Trinajstić information content (AvgIpc) is 2.75. The van der Waals surface area contributed by atoms with E-state index in [0.717, 1.165) is 48.3 Å². The van der Waals surface area contributed by atoms with Gasteiger partial charge >= 0.3 is 0 Å². The van der Waals surface area contributed by atoms with Crippen LogP contribution in [0, 0.1) is 46.8 Å². The number of rotatable bonds is 9. The van der Waals surface area contributed by atoms with Crippen LogP contribution in [0.25, 0.3) is 0 Å². The van der Waals surface area contributed by atoms with Crippen LogP contribution in [0.1, 0.15) is 129 Å². The van der Waals surface area contributed by atoms with E-state index in [-0.39, 0.29) is 0 Å². The first kappa shape index (κ1) is 22.2. The highest BCUT2D eigenvalue weighted by Gasteiger charge is 2.34. The number of hydrogen-bond acceptors (Lipinski definition) is 1. The van der Waals surface area contributed by atoms with Crippen molar-refractivity contribution in [2.75, 3.05) is 0 Å². The smallest absolute Gasteiger partial charge is 0.0621 e. The number of unbranched alkanes of at least 4 members (excludes halogenated alkanes) is 3. The van der Waals surface area contributed by atoms with Gasteiger partial charge in [-0.25, -0.2) is 0 Å². The van der Waals surface area contributed by atoms with Crippen LogP contribution in [0.3, 0.4) is 0 Å². The summed E-state index contributed by atoms with van der Waals surface area (Å²) in [6.07, 6.45) is 27.4. The standard InChI is InChI=1S/C27H47N/c1-2-3-4-7-22-9-13-24(14-10-22)26-17-19-27(20-18-26)25-15-11-23(12-16-25)8-5-6-21-28/h22-27H,2-20H2,1H3. The van der Waals surface area contributed by atoms with Gasteiger partial charge in [-0.15, -0.1) is 0 Å². The SMILES string of the molecule is CCCCCC1CCC(C2CCC(C3CCC(CCCC#N)CC3)CC2)CC1. The summed E-state index contributed by atoms with van der Waals surface area (Å²) in [6.45, 7) is 2.33. The zero-order chi connectivity index (χ0) is 19.6. The lowest BCUT2D eigenvalue weighted by molar-refractivity contribution is 0.102. The first-order chi connectivity index (χ1) is 13.8. The van der Waals surface area contributed by atoms with E-state index in [9.17, 15) is 0 Å². The molecule has 0 aromatic carbocycles. The third-order valence-electron chi connectivity index (χ3n) is 9.05. The fourth-order valence-corrected chi connectivity index (χ4v) is 7.14. The Balaban J connectivity index is 1.30. The van der Waals surface area contributed by atoms with Gasteiger partial charge < -0.3 is 0 Å². The maximum atomic E-state index is 8.73. The second-order valence-corrected chi connectivity index (χ2v) is 10.8. The minimum absolute atomic E-state index is 0.768. The fourth-order valence-electron chi connectivity index (χ4n) is 7.14. The van der Waals surface area contributed by atoms with Crippen LogP contribution >= 0.6 is 0 Å². The maximum Gasteiger partial charge on any atom is 0.0621 e. The van der Waals surface area contributed by atoms with Crippen LogP contribution in [0.4, 0.5) is 0 Å². The zero-order valence-corrected chi connectivity index (χ0v) is 18.8. The van der Waals surface area contributed by atoms with Gasteiger partial charge in [0.15, 0.2) is 0 Å². The van der Waals surface area contributed by atoms with Gasteiger partial charge in [-0.2, -0.15) is 5.26 Å². The van der Waals surface area contributed by atoms with Gasteiger partial charge in [0.2, 0.25) is 0 Å². The Hall–Kier alpha value is -0.510. The Kier molecular flexibility index (Phi) is 9.70. The van der Waals surface area contributed by atoms with Crippen molar-refractivity contribution in [3.63, 3.8) is 0 Å². The molecular formula is C27H47N. The summed E-state index contributed by atoms with van der Waals surface area (Å²) in [7, 11) is 0. The summed E-state index contributed by atoms with van der Waals surface area (Å²) in [5.41, 5.74) is 0. The van der Waals surface area contributed by atoms with Gasteiger partial charge in [-0.3, -0.25) is 0 Å². The summed E-state index contributed by atoms with van der Waals surface area (Å²) >= 11 is 0. The van der Waals surface area contributed by atoms with E-state index >= 15 is 0 Å². The van der Waals surface area contributed by atoms with Gasteiger partial charge in [0.1, 0.15) is 0 Å². The molecule has 0 radical (unpaired) electrons. The van der Waals surface area contributed by atoms with Gasteiger partial charge in [0.05, 0.1) is 6.07 Å². The van der Waals surface area contributed by atoms with Gasteiger partial charge in [0.25, 0.3) is 0 Å². The Labute approximate surface area is 176 Å². The molecule has 0 N–H and O–H groups in total. The molecule has 0 heterocycles. The summed E-state index contributed by atoms with van der Waals surface area (Å²) in [5.74, 6) is 6.27. The fraction of sp³-hybridized carbons (Fsp3) is 0.963. The zero-order valence-electron chi connectivity index (χ0n) is 18.8. The predicted octanol–water partition coefficient (Wildman–Crippen LogP) is 8.68. The van der Waals surface area contributed by atoms with Crippen LogP contribution in [0.2, 0.25) is 0 Å². The molecule has 3 fully saturated rings. The molecule has 28 heavy (non-hydrogen) atoms. The van der Waals surface area contributed by atoms with Crippen molar-refractivity contribution in [1.82, 2.24) is 0 Å². The minimum Gasteiger partial charge on any atom is -0.198 e. The Bertz CT molecular complexity index is 439. The average molecular weight is 386 g/mol. The summed E-state index contributed by atoms with van der Waals surface area (Å²) < 4.78 is 0. The summed E-state index contributed by atoms with van der Waals surface area (Å²) in [4.78, 5) is 0. The number of hydrogen-bond donors (Lipinski definition) is 0. The predicted molar refractivity (Wildman–Crippen MR) is 120 cm³/mol. The van der Waals surface area contributed by atoms with Crippen molar-refractivity contribution in [2.24, 2.45) is 35.5 Å². The van der Waals surface area contributed by atoms with Crippen molar-refractivity contribution in [2.45, 2.75) is 129 Å². The molecule has 0 unspecified atom stereocenters. The molecule has 1 heteroatoms. The van der Waals surface area contributed by atoms with Crippen molar-refractivity contribution >= 4 is 0 Å².